The van der Waals surface area contributed by atoms with Crippen LogP contribution in [-0.2, 0) is 4.79 Å². The highest BCUT2D eigenvalue weighted by Gasteiger charge is 2.51. The van der Waals surface area contributed by atoms with Crippen LogP contribution in [0.25, 0.3) is 0 Å². The van der Waals surface area contributed by atoms with Gasteiger partial charge in [-0.25, -0.2) is 0 Å². The van der Waals surface area contributed by atoms with Crippen LogP contribution >= 0.6 is 0 Å². The van der Waals surface area contributed by atoms with E-state index in [1.807, 2.05) is 6.92 Å². The van der Waals surface area contributed by atoms with E-state index in [1.54, 1.807) is 0 Å². The van der Waals surface area contributed by atoms with E-state index in [9.17, 15) is 4.79 Å². The molecule has 15 heavy (non-hydrogen) atoms. The number of rotatable bonds is 0. The Bertz CT molecular complexity index is 324. The molecule has 1 saturated carbocycles. The van der Waals surface area contributed by atoms with Crippen LogP contribution in [0.1, 0.15) is 53.4 Å². The maximum Gasteiger partial charge on any atom is 0.164 e. The summed E-state index contributed by atoms with van der Waals surface area (Å²) in [6.07, 6.45) is 6.82. The summed E-state index contributed by atoms with van der Waals surface area (Å²) in [5, 5.41) is 0. The molecule has 0 amide bonds. The Kier molecular flexibility index (Phi) is 2.33. The van der Waals surface area contributed by atoms with Gasteiger partial charge in [-0.3, -0.25) is 4.79 Å². The molecular weight excluding hydrogens is 184 g/mol. The number of Topliss-reactive ketones (excluding diaryl/α,β-unsaturated/α-hetero) is 1. The molecule has 0 radical (unpaired) electrons. The fourth-order valence-electron chi connectivity index (χ4n) is 3.81. The van der Waals surface area contributed by atoms with Gasteiger partial charge in [0.05, 0.1) is 0 Å². The van der Waals surface area contributed by atoms with E-state index in [4.69, 9.17) is 0 Å². The molecule has 2 aliphatic carbocycles. The van der Waals surface area contributed by atoms with Crippen LogP contribution in [0.15, 0.2) is 11.6 Å². The SMILES string of the molecule is CC1=CCC2C(C)(C)CCCC2(C)C1=O. The Hall–Kier alpha value is -0.590. The van der Waals surface area contributed by atoms with Gasteiger partial charge < -0.3 is 0 Å². The summed E-state index contributed by atoms with van der Waals surface area (Å²) in [5.41, 5.74) is 1.26. The Morgan fingerprint density at radius 3 is 2.60 bits per heavy atom. The molecule has 2 unspecified atom stereocenters. The highest BCUT2D eigenvalue weighted by Crippen LogP contribution is 2.55. The minimum atomic E-state index is -0.0689. The molecule has 1 fully saturated rings. The van der Waals surface area contributed by atoms with Crippen molar-refractivity contribution in [2.24, 2.45) is 16.7 Å². The minimum Gasteiger partial charge on any atom is -0.294 e. The zero-order chi connectivity index (χ0) is 11.3. The fourth-order valence-corrected chi connectivity index (χ4v) is 3.81. The Labute approximate surface area is 92.9 Å². The third-order valence-electron chi connectivity index (χ3n) is 4.77. The smallest absolute Gasteiger partial charge is 0.164 e. The summed E-state index contributed by atoms with van der Waals surface area (Å²) in [6, 6.07) is 0. The van der Waals surface area contributed by atoms with Crippen molar-refractivity contribution in [3.05, 3.63) is 11.6 Å². The Balaban J connectivity index is 2.42. The van der Waals surface area contributed by atoms with Gasteiger partial charge in [-0.15, -0.1) is 0 Å². The van der Waals surface area contributed by atoms with Crippen LogP contribution in [0, 0.1) is 16.7 Å². The van der Waals surface area contributed by atoms with E-state index in [0.717, 1.165) is 18.4 Å². The molecule has 0 bridgehead atoms. The van der Waals surface area contributed by atoms with Crippen LogP contribution in [0.4, 0.5) is 0 Å². The van der Waals surface area contributed by atoms with E-state index >= 15 is 0 Å². The van der Waals surface area contributed by atoms with E-state index in [0.29, 0.717) is 17.1 Å². The summed E-state index contributed by atoms with van der Waals surface area (Å²) < 4.78 is 0. The first-order chi connectivity index (χ1) is 6.88. The van der Waals surface area contributed by atoms with Crippen molar-refractivity contribution in [3.63, 3.8) is 0 Å². The molecule has 0 heterocycles. The predicted molar refractivity (Wildman–Crippen MR) is 62.6 cm³/mol. The van der Waals surface area contributed by atoms with Gasteiger partial charge in [0.25, 0.3) is 0 Å². The van der Waals surface area contributed by atoms with Gasteiger partial charge in [0.2, 0.25) is 0 Å². The second-order valence-electron chi connectivity index (χ2n) is 6.26. The quantitative estimate of drug-likeness (QED) is 0.590. The van der Waals surface area contributed by atoms with E-state index in [1.165, 1.54) is 12.8 Å². The zero-order valence-electron chi connectivity index (χ0n) is 10.4. The second-order valence-corrected chi connectivity index (χ2v) is 6.26. The van der Waals surface area contributed by atoms with Crippen molar-refractivity contribution >= 4 is 5.78 Å². The highest BCUT2D eigenvalue weighted by atomic mass is 16.1. The van der Waals surface area contributed by atoms with Gasteiger partial charge in [-0.05, 0) is 43.1 Å². The van der Waals surface area contributed by atoms with Gasteiger partial charge in [0, 0.05) is 5.41 Å². The van der Waals surface area contributed by atoms with Gasteiger partial charge in [0.1, 0.15) is 0 Å². The number of fused-ring (bicyclic) bond motifs is 1. The lowest BCUT2D eigenvalue weighted by Gasteiger charge is -2.51. The minimum absolute atomic E-state index is 0.0689. The molecule has 0 saturated heterocycles. The first-order valence-corrected chi connectivity index (χ1v) is 6.09. The number of allylic oxidation sites excluding steroid dienone is 2. The highest BCUT2D eigenvalue weighted by molar-refractivity contribution is 6.00. The zero-order valence-corrected chi connectivity index (χ0v) is 10.4. The first-order valence-electron chi connectivity index (χ1n) is 6.09. The maximum atomic E-state index is 12.3. The van der Waals surface area contributed by atoms with Crippen molar-refractivity contribution in [1.82, 2.24) is 0 Å². The molecule has 1 heteroatoms. The lowest BCUT2D eigenvalue weighted by Crippen LogP contribution is -2.48. The molecule has 84 valence electrons. The molecule has 1 nitrogen and oxygen atoms in total. The number of hydrogen-bond acceptors (Lipinski definition) is 1. The molecule has 0 spiro atoms. The van der Waals surface area contributed by atoms with Crippen molar-refractivity contribution in [3.8, 4) is 0 Å². The van der Waals surface area contributed by atoms with Crippen LogP contribution in [0.2, 0.25) is 0 Å². The van der Waals surface area contributed by atoms with Crippen LogP contribution in [0.5, 0.6) is 0 Å². The largest absolute Gasteiger partial charge is 0.294 e. The lowest BCUT2D eigenvalue weighted by atomic mass is 9.52. The molecule has 0 aliphatic heterocycles. The van der Waals surface area contributed by atoms with Gasteiger partial charge in [-0.2, -0.15) is 0 Å². The van der Waals surface area contributed by atoms with Gasteiger partial charge in [0.15, 0.2) is 5.78 Å². The van der Waals surface area contributed by atoms with Crippen molar-refractivity contribution in [1.29, 1.82) is 0 Å². The van der Waals surface area contributed by atoms with Gasteiger partial charge in [-0.1, -0.05) is 33.3 Å². The van der Waals surface area contributed by atoms with E-state index in [-0.39, 0.29) is 5.41 Å². The molecule has 2 rings (SSSR count). The topological polar surface area (TPSA) is 17.1 Å². The molecule has 0 N–H and O–H groups in total. The molecular formula is C14H22O. The van der Waals surface area contributed by atoms with Crippen LogP contribution < -0.4 is 0 Å². The Morgan fingerprint density at radius 2 is 1.93 bits per heavy atom. The standard InChI is InChI=1S/C14H22O/c1-10-6-7-11-13(2,3)8-5-9-14(11,4)12(10)15/h6,11H,5,7-9H2,1-4H3. The molecule has 2 aliphatic rings. The summed E-state index contributed by atoms with van der Waals surface area (Å²) in [5.74, 6) is 0.960. The number of hydrogen-bond donors (Lipinski definition) is 0. The summed E-state index contributed by atoms with van der Waals surface area (Å²) in [7, 11) is 0. The fraction of sp³-hybridized carbons (Fsp3) is 0.786. The van der Waals surface area contributed by atoms with Crippen molar-refractivity contribution in [2.75, 3.05) is 0 Å². The Morgan fingerprint density at radius 1 is 1.27 bits per heavy atom. The lowest BCUT2D eigenvalue weighted by molar-refractivity contribution is -0.135. The van der Waals surface area contributed by atoms with Crippen molar-refractivity contribution in [2.45, 2.75) is 53.4 Å². The normalized spacial score (nSPS) is 39.6. The number of ketones is 1. The van der Waals surface area contributed by atoms with Crippen molar-refractivity contribution < 1.29 is 4.79 Å². The summed E-state index contributed by atoms with van der Waals surface area (Å²) in [4.78, 5) is 12.3. The molecule has 0 aromatic heterocycles. The monoisotopic (exact) mass is 206 g/mol. The van der Waals surface area contributed by atoms with E-state index < -0.39 is 0 Å². The summed E-state index contributed by atoms with van der Waals surface area (Å²) in [6.45, 7) is 8.83. The van der Waals surface area contributed by atoms with Crippen LogP contribution in [-0.4, -0.2) is 5.78 Å². The average Bonchev–Trinajstić information content (AvgIpc) is 2.12. The third-order valence-corrected chi connectivity index (χ3v) is 4.77. The average molecular weight is 206 g/mol. The maximum absolute atomic E-state index is 12.3. The molecule has 0 aromatic rings. The third kappa shape index (κ3) is 1.47. The van der Waals surface area contributed by atoms with E-state index in [2.05, 4.69) is 26.8 Å². The first kappa shape index (κ1) is 10.9. The molecule has 2 atom stereocenters. The van der Waals surface area contributed by atoms with Crippen LogP contribution in [0.3, 0.4) is 0 Å². The molecule has 0 aromatic carbocycles. The van der Waals surface area contributed by atoms with Gasteiger partial charge >= 0.3 is 0 Å². The predicted octanol–water partition coefficient (Wildman–Crippen LogP) is 3.74. The number of carbonyl (C=O) groups is 1. The second kappa shape index (κ2) is 3.20. The summed E-state index contributed by atoms with van der Waals surface area (Å²) >= 11 is 0. The number of carbonyl (C=O) groups excluding carboxylic acids is 1.